The number of aliphatic hydroxyl groups is 1. The molecule has 0 unspecified atom stereocenters. The van der Waals surface area contributed by atoms with Gasteiger partial charge < -0.3 is 10.4 Å². The van der Waals surface area contributed by atoms with Gasteiger partial charge in [-0.1, -0.05) is 23.7 Å². The zero-order chi connectivity index (χ0) is 20.6. The van der Waals surface area contributed by atoms with E-state index in [2.05, 4.69) is 15.4 Å². The molecule has 1 aromatic carbocycles. The maximum Gasteiger partial charge on any atom is 0.253 e. The Morgan fingerprint density at radius 2 is 1.90 bits per heavy atom. The van der Waals surface area contributed by atoms with Crippen LogP contribution in [0.5, 0.6) is 0 Å². The first-order valence-electron chi connectivity index (χ1n) is 9.96. The summed E-state index contributed by atoms with van der Waals surface area (Å²) in [7, 11) is 0. The molecule has 0 bridgehead atoms. The molecule has 0 atom stereocenters. The zero-order valence-electron chi connectivity index (χ0n) is 16.6. The Morgan fingerprint density at radius 1 is 1.17 bits per heavy atom. The van der Waals surface area contributed by atoms with Crippen molar-refractivity contribution in [1.82, 2.24) is 20.1 Å². The molecule has 0 radical (unpaired) electrons. The predicted molar refractivity (Wildman–Crippen MR) is 113 cm³/mol. The third kappa shape index (κ3) is 4.14. The number of pyridine rings is 1. The molecule has 1 saturated carbocycles. The van der Waals surface area contributed by atoms with Crippen molar-refractivity contribution in [3.63, 3.8) is 0 Å². The molecule has 2 heterocycles. The number of halogens is 1. The minimum atomic E-state index is -0.658. The molecule has 1 fully saturated rings. The monoisotopic (exact) mass is 412 g/mol. The predicted octanol–water partition coefficient (Wildman–Crippen LogP) is 4.13. The van der Waals surface area contributed by atoms with E-state index in [0.29, 0.717) is 16.5 Å². The van der Waals surface area contributed by atoms with Gasteiger partial charge in [-0.05, 0) is 69.7 Å². The maximum atomic E-state index is 12.6. The van der Waals surface area contributed by atoms with Crippen LogP contribution in [0.4, 0.5) is 0 Å². The number of hydrogen-bond donors (Lipinski definition) is 2. The standard InChI is InChI=1S/C22H25ClN4O2/c1-22(2,29)15-8-10-16(11-9-15)25-21(28)14-7-12-19(24-13-14)27-18-6-4-3-5-17(18)20(23)26-27/h3-7,12-13,15-16,29H,8-11H2,1-2H3,(H,25,28). The second-order valence-corrected chi connectivity index (χ2v) is 8.66. The average molecular weight is 413 g/mol. The molecule has 0 spiro atoms. The minimum Gasteiger partial charge on any atom is -0.390 e. The van der Waals surface area contributed by atoms with Crippen LogP contribution in [-0.4, -0.2) is 37.4 Å². The number of para-hydroxylation sites is 1. The highest BCUT2D eigenvalue weighted by molar-refractivity contribution is 6.34. The molecule has 3 aromatic rings. The summed E-state index contributed by atoms with van der Waals surface area (Å²) in [5.74, 6) is 0.766. The van der Waals surface area contributed by atoms with Crippen LogP contribution in [0.2, 0.25) is 5.15 Å². The smallest absolute Gasteiger partial charge is 0.253 e. The lowest BCUT2D eigenvalue weighted by atomic mass is 9.77. The highest BCUT2D eigenvalue weighted by atomic mass is 35.5. The molecule has 1 amide bonds. The van der Waals surface area contributed by atoms with Gasteiger partial charge in [0.2, 0.25) is 0 Å². The molecular formula is C22H25ClN4O2. The van der Waals surface area contributed by atoms with E-state index < -0.39 is 5.60 Å². The lowest BCUT2D eigenvalue weighted by molar-refractivity contribution is -0.00257. The first-order chi connectivity index (χ1) is 13.8. The molecule has 0 saturated heterocycles. The summed E-state index contributed by atoms with van der Waals surface area (Å²) in [5, 5.41) is 18.9. The van der Waals surface area contributed by atoms with Crippen LogP contribution in [0.3, 0.4) is 0 Å². The number of aromatic nitrogens is 3. The third-order valence-electron chi connectivity index (χ3n) is 5.83. The van der Waals surface area contributed by atoms with Crippen molar-refractivity contribution in [2.75, 3.05) is 0 Å². The van der Waals surface area contributed by atoms with Crippen molar-refractivity contribution in [2.24, 2.45) is 5.92 Å². The SMILES string of the molecule is CC(C)(O)C1CCC(NC(=O)c2ccc(-n3nc(Cl)c4ccccc43)nc2)CC1. The van der Waals surface area contributed by atoms with Gasteiger partial charge in [0.25, 0.3) is 5.91 Å². The maximum absolute atomic E-state index is 12.6. The number of nitrogens with one attached hydrogen (secondary N) is 1. The van der Waals surface area contributed by atoms with Gasteiger partial charge >= 0.3 is 0 Å². The highest BCUT2D eigenvalue weighted by Crippen LogP contribution is 2.32. The topological polar surface area (TPSA) is 80.0 Å². The molecule has 1 aliphatic rings. The van der Waals surface area contributed by atoms with Crippen molar-refractivity contribution in [3.8, 4) is 5.82 Å². The Balaban J connectivity index is 1.44. The molecule has 7 heteroatoms. The van der Waals surface area contributed by atoms with Gasteiger partial charge in [-0.25, -0.2) is 9.67 Å². The highest BCUT2D eigenvalue weighted by Gasteiger charge is 2.31. The molecule has 29 heavy (non-hydrogen) atoms. The van der Waals surface area contributed by atoms with E-state index in [9.17, 15) is 9.90 Å². The molecular weight excluding hydrogens is 388 g/mol. The van der Waals surface area contributed by atoms with Gasteiger partial charge in [-0.15, -0.1) is 0 Å². The number of fused-ring (bicyclic) bond motifs is 1. The fraction of sp³-hybridized carbons (Fsp3) is 0.409. The van der Waals surface area contributed by atoms with Crippen LogP contribution in [0, 0.1) is 5.92 Å². The first kappa shape index (κ1) is 19.9. The fourth-order valence-corrected chi connectivity index (χ4v) is 4.30. The molecule has 152 valence electrons. The average Bonchev–Trinajstić information content (AvgIpc) is 3.05. The molecule has 2 N–H and O–H groups in total. The van der Waals surface area contributed by atoms with Gasteiger partial charge in [0, 0.05) is 17.6 Å². The summed E-state index contributed by atoms with van der Waals surface area (Å²) in [4.78, 5) is 17.0. The quantitative estimate of drug-likeness (QED) is 0.675. The Morgan fingerprint density at radius 3 is 2.55 bits per heavy atom. The van der Waals surface area contributed by atoms with Crippen LogP contribution in [-0.2, 0) is 0 Å². The number of carbonyl (C=O) groups is 1. The van der Waals surface area contributed by atoms with Crippen LogP contribution in [0.25, 0.3) is 16.7 Å². The number of carbonyl (C=O) groups excluding carboxylic acids is 1. The molecule has 1 aliphatic carbocycles. The van der Waals surface area contributed by atoms with Gasteiger partial charge in [-0.2, -0.15) is 5.10 Å². The van der Waals surface area contributed by atoms with Crippen LogP contribution in [0.15, 0.2) is 42.6 Å². The minimum absolute atomic E-state index is 0.126. The van der Waals surface area contributed by atoms with E-state index in [1.165, 1.54) is 0 Å². The third-order valence-corrected chi connectivity index (χ3v) is 6.11. The van der Waals surface area contributed by atoms with Gasteiger partial charge in [-0.3, -0.25) is 4.79 Å². The Bertz CT molecular complexity index is 1020. The van der Waals surface area contributed by atoms with E-state index in [1.807, 2.05) is 38.1 Å². The van der Waals surface area contributed by atoms with Gasteiger partial charge in [0.15, 0.2) is 11.0 Å². The largest absolute Gasteiger partial charge is 0.390 e. The summed E-state index contributed by atoms with van der Waals surface area (Å²) in [6, 6.07) is 11.3. The summed E-state index contributed by atoms with van der Waals surface area (Å²) >= 11 is 6.22. The summed E-state index contributed by atoms with van der Waals surface area (Å²) in [6.07, 6.45) is 5.16. The Labute approximate surface area is 174 Å². The van der Waals surface area contributed by atoms with E-state index in [0.717, 1.165) is 36.6 Å². The van der Waals surface area contributed by atoms with E-state index in [4.69, 9.17) is 11.6 Å². The second-order valence-electron chi connectivity index (χ2n) is 8.30. The van der Waals surface area contributed by atoms with E-state index in [1.54, 1.807) is 23.0 Å². The number of benzene rings is 1. The van der Waals surface area contributed by atoms with Gasteiger partial charge in [0.1, 0.15) is 0 Å². The summed E-state index contributed by atoms with van der Waals surface area (Å²) in [6.45, 7) is 3.72. The van der Waals surface area contributed by atoms with Gasteiger partial charge in [0.05, 0.1) is 16.7 Å². The number of rotatable bonds is 4. The fourth-order valence-electron chi connectivity index (χ4n) is 4.06. The number of amides is 1. The van der Waals surface area contributed by atoms with E-state index in [-0.39, 0.29) is 17.9 Å². The van der Waals surface area contributed by atoms with E-state index >= 15 is 0 Å². The lowest BCUT2D eigenvalue weighted by Crippen LogP contribution is -2.41. The van der Waals surface area contributed by atoms with Crippen molar-refractivity contribution < 1.29 is 9.90 Å². The van der Waals surface area contributed by atoms with Crippen molar-refractivity contribution in [1.29, 1.82) is 0 Å². The van der Waals surface area contributed by atoms with Crippen molar-refractivity contribution >= 4 is 28.4 Å². The molecule has 4 rings (SSSR count). The van der Waals surface area contributed by atoms with Crippen molar-refractivity contribution in [2.45, 2.75) is 51.2 Å². The second kappa shape index (κ2) is 7.76. The zero-order valence-corrected chi connectivity index (χ0v) is 17.4. The normalized spacial score (nSPS) is 20.0. The molecule has 2 aromatic heterocycles. The number of nitrogens with zero attached hydrogens (tertiary/aromatic N) is 3. The first-order valence-corrected chi connectivity index (χ1v) is 10.3. The Kier molecular flexibility index (Phi) is 5.32. The van der Waals surface area contributed by atoms with Crippen molar-refractivity contribution in [3.05, 3.63) is 53.3 Å². The number of hydrogen-bond acceptors (Lipinski definition) is 4. The summed E-state index contributed by atoms with van der Waals surface area (Å²) in [5.41, 5.74) is 0.723. The van der Waals surface area contributed by atoms with Crippen LogP contribution < -0.4 is 5.32 Å². The Hall–Kier alpha value is -2.44. The molecule has 0 aliphatic heterocycles. The van der Waals surface area contributed by atoms with Crippen LogP contribution >= 0.6 is 11.6 Å². The lowest BCUT2D eigenvalue weighted by Gasteiger charge is -2.36. The van der Waals surface area contributed by atoms with Crippen LogP contribution in [0.1, 0.15) is 49.9 Å². The summed E-state index contributed by atoms with van der Waals surface area (Å²) < 4.78 is 1.68. The molecule has 6 nitrogen and oxygen atoms in total.